The van der Waals surface area contributed by atoms with Crippen LogP contribution >= 0.6 is 0 Å². The van der Waals surface area contributed by atoms with E-state index in [1.807, 2.05) is 0 Å². The molecule has 0 N–H and O–H groups in total. The Hall–Kier alpha value is -1.87. The first-order chi connectivity index (χ1) is 10.3. The van der Waals surface area contributed by atoms with Crippen molar-refractivity contribution >= 4 is 5.97 Å². The summed E-state index contributed by atoms with van der Waals surface area (Å²) < 4.78 is 105. The zero-order valence-electron chi connectivity index (χ0n) is 11.4. The molecule has 0 bridgehead atoms. The molecule has 0 saturated heterocycles. The average molecular weight is 350 g/mol. The highest BCUT2D eigenvalue weighted by atomic mass is 19.4. The largest absolute Gasteiger partial charge is 0.455 e. The molecule has 0 aliphatic heterocycles. The Morgan fingerprint density at radius 2 is 1.61 bits per heavy atom. The Kier molecular flexibility index (Phi) is 5.27. The molecule has 0 heterocycles. The summed E-state index contributed by atoms with van der Waals surface area (Å²) in [5, 5.41) is 0. The maximum absolute atomic E-state index is 13.2. The van der Waals surface area contributed by atoms with E-state index >= 15 is 0 Å². The average Bonchev–Trinajstić information content (AvgIpc) is 2.44. The van der Waals surface area contributed by atoms with Crippen LogP contribution in [0.3, 0.4) is 0 Å². The van der Waals surface area contributed by atoms with Gasteiger partial charge in [0.2, 0.25) is 0 Å². The molecule has 10 heteroatoms. The number of halogens is 8. The second-order valence-corrected chi connectivity index (χ2v) is 4.59. The van der Waals surface area contributed by atoms with E-state index in [0.717, 1.165) is 6.07 Å². The maximum Gasteiger partial charge on any atom is 0.381 e. The summed E-state index contributed by atoms with van der Waals surface area (Å²) in [5.74, 6) is -19.9. The quantitative estimate of drug-likeness (QED) is 0.564. The van der Waals surface area contributed by atoms with Gasteiger partial charge in [-0.3, -0.25) is 0 Å². The lowest BCUT2D eigenvalue weighted by Gasteiger charge is -2.31. The van der Waals surface area contributed by atoms with E-state index in [1.54, 1.807) is 0 Å². The van der Waals surface area contributed by atoms with Gasteiger partial charge < -0.3 is 4.74 Å². The van der Waals surface area contributed by atoms with Crippen LogP contribution in [0.15, 0.2) is 24.3 Å². The molecule has 23 heavy (non-hydrogen) atoms. The van der Waals surface area contributed by atoms with Crippen molar-refractivity contribution < 1.29 is 44.7 Å². The summed E-state index contributed by atoms with van der Waals surface area (Å²) in [4.78, 5) is 11.5. The second-order valence-electron chi connectivity index (χ2n) is 4.59. The fraction of sp³-hybridized carbons (Fsp3) is 0.462. The summed E-state index contributed by atoms with van der Waals surface area (Å²) in [6.45, 7) is -1.09. The maximum atomic E-state index is 13.2. The van der Waals surface area contributed by atoms with E-state index < -0.39 is 36.8 Å². The molecule has 0 unspecified atom stereocenters. The fourth-order valence-electron chi connectivity index (χ4n) is 1.51. The minimum absolute atomic E-state index is 0.255. The van der Waals surface area contributed by atoms with Crippen molar-refractivity contribution in [1.29, 1.82) is 0 Å². The van der Waals surface area contributed by atoms with E-state index in [2.05, 4.69) is 4.74 Å². The summed E-state index contributed by atoms with van der Waals surface area (Å²) in [6.07, 6.45) is -5.02. The first-order valence-electron chi connectivity index (χ1n) is 5.99. The number of alkyl halides is 8. The summed E-state index contributed by atoms with van der Waals surface area (Å²) >= 11 is 0. The van der Waals surface area contributed by atoms with E-state index in [1.165, 1.54) is 25.1 Å². The molecule has 1 aromatic carbocycles. The van der Waals surface area contributed by atoms with Crippen molar-refractivity contribution in [3.05, 3.63) is 35.4 Å². The number of hydrogen-bond donors (Lipinski definition) is 0. The predicted octanol–water partition coefficient (Wildman–Crippen LogP) is 4.32. The van der Waals surface area contributed by atoms with Gasteiger partial charge in [0.25, 0.3) is 0 Å². The van der Waals surface area contributed by atoms with Crippen LogP contribution in [-0.4, -0.2) is 36.8 Å². The van der Waals surface area contributed by atoms with Gasteiger partial charge in [0, 0.05) is 0 Å². The van der Waals surface area contributed by atoms with Gasteiger partial charge in [0.1, 0.15) is 0 Å². The Bertz CT molecular complexity index is 571. The lowest BCUT2D eigenvalue weighted by molar-refractivity contribution is -0.343. The Morgan fingerprint density at radius 3 is 2.09 bits per heavy atom. The van der Waals surface area contributed by atoms with Gasteiger partial charge in [0.15, 0.2) is 6.61 Å². The van der Waals surface area contributed by atoms with E-state index in [0.29, 0.717) is 0 Å². The van der Waals surface area contributed by atoms with Crippen LogP contribution in [0.1, 0.15) is 15.9 Å². The molecule has 0 aliphatic carbocycles. The molecule has 2 nitrogen and oxygen atoms in total. The minimum Gasteiger partial charge on any atom is -0.455 e. The molecule has 1 rings (SSSR count). The highest BCUT2D eigenvalue weighted by Crippen LogP contribution is 2.48. The molecule has 0 spiro atoms. The molecule has 0 saturated carbocycles. The van der Waals surface area contributed by atoms with E-state index in [4.69, 9.17) is 0 Å². The van der Waals surface area contributed by atoms with Gasteiger partial charge in [-0.05, 0) is 18.6 Å². The van der Waals surface area contributed by atoms with Crippen LogP contribution in [0.4, 0.5) is 35.1 Å². The number of carbonyl (C=O) groups is 1. The zero-order valence-corrected chi connectivity index (χ0v) is 11.4. The lowest BCUT2D eigenvalue weighted by Crippen LogP contribution is -2.59. The predicted molar refractivity (Wildman–Crippen MR) is 62.3 cm³/mol. The van der Waals surface area contributed by atoms with Crippen molar-refractivity contribution in [3.8, 4) is 0 Å². The van der Waals surface area contributed by atoms with Gasteiger partial charge in [-0.15, -0.1) is 0 Å². The van der Waals surface area contributed by atoms with Gasteiger partial charge in [-0.2, -0.15) is 26.3 Å². The fourth-order valence-corrected chi connectivity index (χ4v) is 1.51. The lowest BCUT2D eigenvalue weighted by atomic mass is 10.1. The zero-order chi connectivity index (χ0) is 18.1. The number of aryl methyl sites for hydroxylation is 1. The van der Waals surface area contributed by atoms with Crippen LogP contribution in [0.25, 0.3) is 0 Å². The number of hydrogen-bond acceptors (Lipinski definition) is 2. The van der Waals surface area contributed by atoms with E-state index in [9.17, 15) is 39.9 Å². The van der Waals surface area contributed by atoms with Crippen molar-refractivity contribution in [1.82, 2.24) is 0 Å². The van der Waals surface area contributed by atoms with Crippen LogP contribution in [-0.2, 0) is 4.74 Å². The first-order valence-corrected chi connectivity index (χ1v) is 5.99. The van der Waals surface area contributed by atoms with Crippen LogP contribution in [0, 0.1) is 6.92 Å². The Morgan fingerprint density at radius 1 is 1.09 bits per heavy atom. The molecule has 0 aliphatic rings. The molecule has 0 amide bonds. The molecule has 0 aromatic heterocycles. The second kappa shape index (κ2) is 6.32. The third-order valence-corrected chi connectivity index (χ3v) is 2.90. The van der Waals surface area contributed by atoms with Gasteiger partial charge in [0.05, 0.1) is 5.56 Å². The monoisotopic (exact) mass is 350 g/mol. The standard InChI is InChI=1S/C13H10F8O2/c1-7-4-2-3-5-8(7)9(22)23-6-11(16,17)13(20,21)12(18,19)10(14)15/h2-5,10H,6H2,1H3. The molecule has 0 fully saturated rings. The molecule has 130 valence electrons. The first kappa shape index (κ1) is 19.2. The van der Waals surface area contributed by atoms with Crippen molar-refractivity contribution in [3.63, 3.8) is 0 Å². The highest BCUT2D eigenvalue weighted by Gasteiger charge is 2.75. The summed E-state index contributed by atoms with van der Waals surface area (Å²) in [5.41, 5.74) is -0.00211. The Labute approximate surface area is 125 Å². The van der Waals surface area contributed by atoms with Crippen molar-refractivity contribution in [2.24, 2.45) is 0 Å². The number of esters is 1. The van der Waals surface area contributed by atoms with Gasteiger partial charge >= 0.3 is 30.2 Å². The molecule has 1 aromatic rings. The summed E-state index contributed by atoms with van der Waals surface area (Å²) in [6, 6.07) is 5.31. The molecule has 0 atom stereocenters. The van der Waals surface area contributed by atoms with Crippen LogP contribution in [0.5, 0.6) is 0 Å². The topological polar surface area (TPSA) is 26.3 Å². The number of carbonyl (C=O) groups excluding carboxylic acids is 1. The highest BCUT2D eigenvalue weighted by molar-refractivity contribution is 5.90. The number of rotatable bonds is 6. The Balaban J connectivity index is 2.91. The minimum atomic E-state index is -6.40. The molecule has 0 radical (unpaired) electrons. The summed E-state index contributed by atoms with van der Waals surface area (Å²) in [7, 11) is 0. The molecular formula is C13H10F8O2. The van der Waals surface area contributed by atoms with Crippen molar-refractivity contribution in [2.75, 3.05) is 6.61 Å². The third kappa shape index (κ3) is 3.56. The van der Waals surface area contributed by atoms with Crippen molar-refractivity contribution in [2.45, 2.75) is 31.1 Å². The smallest absolute Gasteiger partial charge is 0.381 e. The molecular weight excluding hydrogens is 340 g/mol. The SMILES string of the molecule is Cc1ccccc1C(=O)OCC(F)(F)C(F)(F)C(F)(F)C(F)F. The third-order valence-electron chi connectivity index (χ3n) is 2.90. The number of benzene rings is 1. The number of ether oxygens (including phenoxy) is 1. The van der Waals surface area contributed by atoms with Crippen LogP contribution in [0.2, 0.25) is 0 Å². The van der Waals surface area contributed by atoms with Gasteiger partial charge in [-0.1, -0.05) is 18.2 Å². The van der Waals surface area contributed by atoms with E-state index in [-0.39, 0.29) is 11.1 Å². The normalized spacial score (nSPS) is 13.3. The van der Waals surface area contributed by atoms with Crippen LogP contribution < -0.4 is 0 Å². The van der Waals surface area contributed by atoms with Gasteiger partial charge in [-0.25, -0.2) is 13.6 Å².